The molecule has 8 fully saturated rings. The lowest BCUT2D eigenvalue weighted by Crippen LogP contribution is -2.52. The Labute approximate surface area is 146 Å². The van der Waals surface area contributed by atoms with Crippen LogP contribution in [0.2, 0.25) is 0 Å². The average Bonchev–Trinajstić information content (AvgIpc) is 2.51. The van der Waals surface area contributed by atoms with Crippen LogP contribution in [0.4, 0.5) is 0 Å². The van der Waals surface area contributed by atoms with Gasteiger partial charge in [0.1, 0.15) is 0 Å². The maximum Gasteiger partial charge on any atom is 0.187 e. The summed E-state index contributed by atoms with van der Waals surface area (Å²) in [6.45, 7) is 0. The van der Waals surface area contributed by atoms with Crippen molar-refractivity contribution in [3.8, 4) is 0 Å². The zero-order valence-corrected chi connectivity index (χ0v) is 15.3. The smallest absolute Gasteiger partial charge is 0.187 e. The van der Waals surface area contributed by atoms with Crippen LogP contribution >= 0.6 is 0 Å². The van der Waals surface area contributed by atoms with Crippen LogP contribution in [0.5, 0.6) is 0 Å². The minimum Gasteiger partial charge on any atom is -0.484 e. The first-order valence-electron chi connectivity index (χ1n) is 10.8. The standard InChI is InChI=1S/C22H33NO/c1-24-21(20-18-6-13-2-14(8-18)9-19(20)7-13)23-22-10-15-3-16(11-22)5-17(4-15)12-22/h13-20H,2-12H2,1H3. The SMILES string of the molecule is COC(=NC12CC3CC(CC(C3)C1)C2)C1C2CC3CC(C2)CC1C3. The molecule has 0 aromatic carbocycles. The van der Waals surface area contributed by atoms with Gasteiger partial charge in [-0.05, 0) is 112 Å². The van der Waals surface area contributed by atoms with E-state index in [0.29, 0.717) is 5.92 Å². The molecule has 8 aliphatic carbocycles. The Morgan fingerprint density at radius 3 is 1.62 bits per heavy atom. The molecule has 2 nitrogen and oxygen atoms in total. The fourth-order valence-corrected chi connectivity index (χ4v) is 9.02. The van der Waals surface area contributed by atoms with Gasteiger partial charge in [0.25, 0.3) is 0 Å². The molecule has 8 aliphatic rings. The summed E-state index contributed by atoms with van der Waals surface area (Å²) in [4.78, 5) is 5.53. The van der Waals surface area contributed by atoms with Crippen molar-refractivity contribution in [2.24, 2.45) is 52.3 Å². The highest BCUT2D eigenvalue weighted by molar-refractivity contribution is 5.80. The van der Waals surface area contributed by atoms with Gasteiger partial charge in [0, 0.05) is 5.92 Å². The third-order valence-corrected chi connectivity index (χ3v) is 9.07. The van der Waals surface area contributed by atoms with E-state index in [1.807, 2.05) is 7.11 Å². The lowest BCUT2D eigenvalue weighted by molar-refractivity contribution is -0.0205. The average molecular weight is 328 g/mol. The van der Waals surface area contributed by atoms with Crippen LogP contribution in [-0.4, -0.2) is 18.5 Å². The first-order chi connectivity index (χ1) is 11.7. The van der Waals surface area contributed by atoms with Gasteiger partial charge >= 0.3 is 0 Å². The van der Waals surface area contributed by atoms with Crippen molar-refractivity contribution in [3.05, 3.63) is 0 Å². The van der Waals surface area contributed by atoms with Gasteiger partial charge in [-0.2, -0.15) is 0 Å². The Morgan fingerprint density at radius 2 is 1.17 bits per heavy atom. The molecule has 0 amide bonds. The molecule has 0 aromatic rings. The van der Waals surface area contributed by atoms with Crippen LogP contribution in [0, 0.1) is 47.3 Å². The largest absolute Gasteiger partial charge is 0.484 e. The van der Waals surface area contributed by atoms with Crippen LogP contribution in [0.15, 0.2) is 4.99 Å². The molecule has 132 valence electrons. The summed E-state index contributed by atoms with van der Waals surface area (Å²) in [5.41, 5.74) is 0.286. The van der Waals surface area contributed by atoms with E-state index in [9.17, 15) is 0 Å². The highest BCUT2D eigenvalue weighted by atomic mass is 16.5. The van der Waals surface area contributed by atoms with Crippen molar-refractivity contribution in [1.82, 2.24) is 0 Å². The Hall–Kier alpha value is -0.530. The summed E-state index contributed by atoms with van der Waals surface area (Å²) in [7, 11) is 1.92. The van der Waals surface area contributed by atoms with Crippen LogP contribution in [0.25, 0.3) is 0 Å². The van der Waals surface area contributed by atoms with Gasteiger partial charge in [-0.25, -0.2) is 4.99 Å². The number of ether oxygens (including phenoxy) is 1. The van der Waals surface area contributed by atoms with Crippen LogP contribution < -0.4 is 0 Å². The van der Waals surface area contributed by atoms with E-state index < -0.39 is 0 Å². The molecule has 0 N–H and O–H groups in total. The Morgan fingerprint density at radius 1 is 0.708 bits per heavy atom. The predicted molar refractivity (Wildman–Crippen MR) is 95.9 cm³/mol. The van der Waals surface area contributed by atoms with E-state index in [2.05, 4.69) is 0 Å². The molecule has 0 atom stereocenters. The number of hydrogen-bond donors (Lipinski definition) is 0. The molecule has 0 aromatic heterocycles. The van der Waals surface area contributed by atoms with Gasteiger partial charge in [0.05, 0.1) is 12.6 Å². The summed E-state index contributed by atoms with van der Waals surface area (Å²) >= 11 is 0. The second-order valence-corrected chi connectivity index (χ2v) is 10.8. The molecular formula is C22H33NO. The quantitative estimate of drug-likeness (QED) is 0.512. The number of hydrogen-bond acceptors (Lipinski definition) is 2. The summed E-state index contributed by atoms with van der Waals surface area (Å²) in [6.07, 6.45) is 16.1. The topological polar surface area (TPSA) is 21.6 Å². The highest BCUT2D eigenvalue weighted by Crippen LogP contribution is 2.59. The van der Waals surface area contributed by atoms with Crippen LogP contribution in [-0.2, 0) is 4.74 Å². The van der Waals surface area contributed by atoms with E-state index in [0.717, 1.165) is 41.4 Å². The third-order valence-electron chi connectivity index (χ3n) is 9.07. The minimum absolute atomic E-state index is 0.286. The zero-order valence-electron chi connectivity index (χ0n) is 15.3. The summed E-state index contributed by atoms with van der Waals surface area (Å²) in [5.74, 6) is 8.71. The number of methoxy groups -OCH3 is 1. The summed E-state index contributed by atoms with van der Waals surface area (Å²) in [5, 5.41) is 0. The van der Waals surface area contributed by atoms with E-state index in [1.165, 1.54) is 76.5 Å². The van der Waals surface area contributed by atoms with Crippen molar-refractivity contribution in [1.29, 1.82) is 0 Å². The molecule has 0 heterocycles. The van der Waals surface area contributed by atoms with Crippen molar-refractivity contribution >= 4 is 5.90 Å². The van der Waals surface area contributed by atoms with Gasteiger partial charge in [-0.1, -0.05) is 0 Å². The first kappa shape index (κ1) is 14.6. The molecule has 0 aliphatic heterocycles. The molecule has 8 bridgehead atoms. The fourth-order valence-electron chi connectivity index (χ4n) is 9.02. The van der Waals surface area contributed by atoms with Gasteiger partial charge in [-0.15, -0.1) is 0 Å². The highest BCUT2D eigenvalue weighted by Gasteiger charge is 2.54. The molecular weight excluding hydrogens is 294 g/mol. The van der Waals surface area contributed by atoms with E-state index >= 15 is 0 Å². The van der Waals surface area contributed by atoms with E-state index in [-0.39, 0.29) is 5.54 Å². The summed E-state index contributed by atoms with van der Waals surface area (Å²) < 4.78 is 6.07. The monoisotopic (exact) mass is 327 g/mol. The Balaban J connectivity index is 1.32. The number of aliphatic imine (C=N–C) groups is 1. The van der Waals surface area contributed by atoms with Crippen LogP contribution in [0.1, 0.15) is 70.6 Å². The molecule has 0 unspecified atom stereocenters. The van der Waals surface area contributed by atoms with Crippen molar-refractivity contribution in [2.75, 3.05) is 7.11 Å². The lowest BCUT2D eigenvalue weighted by Gasteiger charge is -2.56. The van der Waals surface area contributed by atoms with Crippen molar-refractivity contribution < 1.29 is 4.74 Å². The Bertz CT molecular complexity index is 501. The zero-order chi connectivity index (χ0) is 15.9. The van der Waals surface area contributed by atoms with Crippen molar-refractivity contribution in [3.63, 3.8) is 0 Å². The molecule has 8 saturated carbocycles. The van der Waals surface area contributed by atoms with Gasteiger partial charge in [0.15, 0.2) is 5.90 Å². The van der Waals surface area contributed by atoms with Crippen LogP contribution in [0.3, 0.4) is 0 Å². The maximum absolute atomic E-state index is 6.07. The molecule has 24 heavy (non-hydrogen) atoms. The normalized spacial score (nSPS) is 57.6. The lowest BCUT2D eigenvalue weighted by atomic mass is 9.51. The van der Waals surface area contributed by atoms with Crippen molar-refractivity contribution in [2.45, 2.75) is 76.2 Å². The molecule has 2 heteroatoms. The van der Waals surface area contributed by atoms with E-state index in [4.69, 9.17) is 9.73 Å². The molecule has 0 saturated heterocycles. The fraction of sp³-hybridized carbons (Fsp3) is 0.955. The van der Waals surface area contributed by atoms with E-state index in [1.54, 1.807) is 0 Å². The second kappa shape index (κ2) is 5.01. The van der Waals surface area contributed by atoms with Gasteiger partial charge < -0.3 is 4.74 Å². The second-order valence-electron chi connectivity index (χ2n) is 10.8. The molecule has 0 spiro atoms. The molecule has 0 radical (unpaired) electrons. The third kappa shape index (κ3) is 2.10. The maximum atomic E-state index is 6.07. The number of rotatable bonds is 2. The minimum atomic E-state index is 0.286. The first-order valence-corrected chi connectivity index (χ1v) is 10.8. The number of nitrogens with zero attached hydrogens (tertiary/aromatic N) is 1. The van der Waals surface area contributed by atoms with Gasteiger partial charge in [-0.3, -0.25) is 0 Å². The predicted octanol–water partition coefficient (Wildman–Crippen LogP) is 5.07. The molecule has 8 rings (SSSR count). The summed E-state index contributed by atoms with van der Waals surface area (Å²) in [6, 6.07) is 0. The van der Waals surface area contributed by atoms with Gasteiger partial charge in [0.2, 0.25) is 0 Å². The Kier molecular flexibility index (Phi) is 3.05.